The Morgan fingerprint density at radius 3 is 1.97 bits per heavy atom. The van der Waals surface area contributed by atoms with Crippen LogP contribution in [0.4, 0.5) is 0 Å². The molecule has 0 bridgehead atoms. The molecule has 0 radical (unpaired) electrons. The van der Waals surface area contributed by atoms with Crippen LogP contribution in [-0.4, -0.2) is 17.8 Å². The number of nitrogens with zero attached hydrogens (tertiary/aromatic N) is 2. The Balaban J connectivity index is 1.60. The average molecular weight is 451 g/mol. The maximum Gasteiger partial charge on any atom is 0.136 e. The molecule has 0 amide bonds. The molecule has 166 valence electrons. The summed E-state index contributed by atoms with van der Waals surface area (Å²) in [6, 6.07) is 38.3. The van der Waals surface area contributed by atoms with E-state index >= 15 is 0 Å². The second-order valence-corrected chi connectivity index (χ2v) is 8.77. The van der Waals surface area contributed by atoms with E-state index in [-0.39, 0.29) is 0 Å². The van der Waals surface area contributed by atoms with Crippen LogP contribution in [0.15, 0.2) is 119 Å². The highest BCUT2D eigenvalue weighted by atomic mass is 16.3. The normalized spacial score (nSPS) is 12.0. The molecule has 35 heavy (non-hydrogen) atoms. The lowest BCUT2D eigenvalue weighted by Gasteiger charge is -2.16. The molecule has 0 aliphatic heterocycles. The number of benzene rings is 5. The minimum atomic E-state index is 0.874. The summed E-state index contributed by atoms with van der Waals surface area (Å²) in [4.78, 5) is 4.45. The summed E-state index contributed by atoms with van der Waals surface area (Å²) in [5.41, 5.74) is 8.66. The van der Waals surface area contributed by atoms with Crippen LogP contribution in [0.1, 0.15) is 5.56 Å². The zero-order valence-electron chi connectivity index (χ0n) is 19.3. The first kappa shape index (κ1) is 19.8. The van der Waals surface area contributed by atoms with Gasteiger partial charge >= 0.3 is 0 Å². The number of hydrogen-bond donors (Lipinski definition) is 0. The van der Waals surface area contributed by atoms with Crippen LogP contribution in [0.5, 0.6) is 0 Å². The third-order valence-electron chi connectivity index (χ3n) is 6.86. The van der Waals surface area contributed by atoms with Crippen molar-refractivity contribution in [3.63, 3.8) is 0 Å². The predicted molar refractivity (Wildman–Crippen MR) is 147 cm³/mol. The monoisotopic (exact) mass is 450 g/mol. The molecule has 5 aromatic carbocycles. The highest BCUT2D eigenvalue weighted by Crippen LogP contribution is 2.40. The molecule has 0 saturated carbocycles. The molecule has 0 fully saturated rings. The van der Waals surface area contributed by atoms with E-state index in [0.717, 1.165) is 44.3 Å². The fourth-order valence-electron chi connectivity index (χ4n) is 5.42. The predicted octanol–water partition coefficient (Wildman–Crippen LogP) is 8.40. The maximum atomic E-state index is 6.18. The van der Waals surface area contributed by atoms with Crippen molar-refractivity contribution in [2.75, 3.05) is 7.05 Å². The van der Waals surface area contributed by atoms with E-state index < -0.39 is 0 Å². The van der Waals surface area contributed by atoms with Crippen molar-refractivity contribution in [1.82, 2.24) is 4.57 Å². The number of rotatable bonds is 3. The molecular formula is C32H22N2O. The summed E-state index contributed by atoms with van der Waals surface area (Å²) in [5, 5.41) is 4.71. The van der Waals surface area contributed by atoms with Gasteiger partial charge in [-0.15, -0.1) is 0 Å². The molecule has 0 spiro atoms. The Morgan fingerprint density at radius 2 is 1.23 bits per heavy atom. The molecule has 7 aromatic rings. The van der Waals surface area contributed by atoms with Crippen LogP contribution in [-0.2, 0) is 0 Å². The van der Waals surface area contributed by atoms with Gasteiger partial charge in [-0.25, -0.2) is 0 Å². The van der Waals surface area contributed by atoms with Gasteiger partial charge in [-0.3, -0.25) is 4.99 Å². The van der Waals surface area contributed by atoms with E-state index in [0.29, 0.717) is 0 Å². The second kappa shape index (κ2) is 7.71. The van der Waals surface area contributed by atoms with Gasteiger partial charge in [0.1, 0.15) is 11.2 Å². The van der Waals surface area contributed by atoms with E-state index in [1.807, 2.05) is 25.4 Å². The minimum Gasteiger partial charge on any atom is -0.456 e. The molecule has 0 N–H and O–H groups in total. The number of hydrogen-bond acceptors (Lipinski definition) is 2. The Bertz CT molecular complexity index is 1870. The standard InChI is InChI=1S/C32H22N2O/c1-33-20-26-21(18-19-31-32(26)25-13-5-9-17-30(25)35-31)22-10-2-6-14-27(22)34-28-15-7-3-11-23(28)24-12-4-8-16-29(24)34/h2-20H,1H3/b33-20-. The molecular weight excluding hydrogens is 428 g/mol. The lowest BCUT2D eigenvalue weighted by Crippen LogP contribution is -1.99. The highest BCUT2D eigenvalue weighted by molar-refractivity contribution is 6.17. The zero-order chi connectivity index (χ0) is 23.4. The quantitative estimate of drug-likeness (QED) is 0.249. The molecule has 0 atom stereocenters. The molecule has 7 rings (SSSR count). The van der Waals surface area contributed by atoms with Crippen molar-refractivity contribution in [3.05, 3.63) is 115 Å². The average Bonchev–Trinajstić information content (AvgIpc) is 3.45. The molecule has 3 heteroatoms. The lowest BCUT2D eigenvalue weighted by atomic mass is 9.94. The third-order valence-corrected chi connectivity index (χ3v) is 6.86. The first-order valence-corrected chi connectivity index (χ1v) is 11.8. The summed E-state index contributed by atoms with van der Waals surface area (Å²) < 4.78 is 8.56. The summed E-state index contributed by atoms with van der Waals surface area (Å²) in [6.45, 7) is 0. The van der Waals surface area contributed by atoms with Crippen LogP contribution in [0.3, 0.4) is 0 Å². The van der Waals surface area contributed by atoms with Crippen LogP contribution < -0.4 is 0 Å². The molecule has 0 aliphatic carbocycles. The summed E-state index contributed by atoms with van der Waals surface area (Å²) in [6.07, 6.45) is 1.96. The molecule has 3 nitrogen and oxygen atoms in total. The molecule has 2 aromatic heterocycles. The van der Waals surface area contributed by atoms with Gasteiger partial charge in [0.25, 0.3) is 0 Å². The number of aliphatic imine (C=N–C) groups is 1. The van der Waals surface area contributed by atoms with Crippen molar-refractivity contribution in [2.24, 2.45) is 4.99 Å². The van der Waals surface area contributed by atoms with Gasteiger partial charge in [-0.05, 0) is 42.0 Å². The Kier molecular flexibility index (Phi) is 4.36. The van der Waals surface area contributed by atoms with Crippen LogP contribution >= 0.6 is 0 Å². The first-order valence-electron chi connectivity index (χ1n) is 11.8. The summed E-state index contributed by atoms with van der Waals surface area (Å²) in [5.74, 6) is 0. The fraction of sp³-hybridized carbons (Fsp3) is 0.0312. The lowest BCUT2D eigenvalue weighted by molar-refractivity contribution is 0.669. The van der Waals surface area contributed by atoms with Crippen molar-refractivity contribution < 1.29 is 4.42 Å². The SMILES string of the molecule is C/N=C\c1c(-c2ccccc2-n2c3ccccc3c3ccccc32)ccc2oc3ccccc3c12. The van der Waals surface area contributed by atoms with Gasteiger partial charge in [-0.1, -0.05) is 72.8 Å². The van der Waals surface area contributed by atoms with E-state index in [2.05, 4.69) is 107 Å². The Labute approximate surface area is 202 Å². The van der Waals surface area contributed by atoms with E-state index in [4.69, 9.17) is 4.42 Å². The number of fused-ring (bicyclic) bond motifs is 6. The van der Waals surface area contributed by atoms with Crippen molar-refractivity contribution in [3.8, 4) is 16.8 Å². The highest BCUT2D eigenvalue weighted by Gasteiger charge is 2.19. The minimum absolute atomic E-state index is 0.874. The van der Waals surface area contributed by atoms with E-state index in [1.165, 1.54) is 21.8 Å². The Morgan fingerprint density at radius 1 is 0.600 bits per heavy atom. The number of furan rings is 1. The van der Waals surface area contributed by atoms with Crippen molar-refractivity contribution in [2.45, 2.75) is 0 Å². The maximum absolute atomic E-state index is 6.18. The van der Waals surface area contributed by atoms with Crippen LogP contribution in [0.2, 0.25) is 0 Å². The van der Waals surface area contributed by atoms with E-state index in [9.17, 15) is 0 Å². The fourth-order valence-corrected chi connectivity index (χ4v) is 5.42. The molecule has 0 saturated heterocycles. The largest absolute Gasteiger partial charge is 0.456 e. The molecule has 0 unspecified atom stereocenters. The van der Waals surface area contributed by atoms with Gasteiger partial charge in [-0.2, -0.15) is 0 Å². The zero-order valence-corrected chi connectivity index (χ0v) is 19.3. The summed E-state index contributed by atoms with van der Waals surface area (Å²) >= 11 is 0. The van der Waals surface area contributed by atoms with Gasteiger partial charge in [0.2, 0.25) is 0 Å². The van der Waals surface area contributed by atoms with Crippen LogP contribution in [0, 0.1) is 0 Å². The van der Waals surface area contributed by atoms with Gasteiger partial charge < -0.3 is 8.98 Å². The Hall–Kier alpha value is -4.63. The van der Waals surface area contributed by atoms with Crippen molar-refractivity contribution in [1.29, 1.82) is 0 Å². The smallest absolute Gasteiger partial charge is 0.136 e. The van der Waals surface area contributed by atoms with Crippen molar-refractivity contribution >= 4 is 50.0 Å². The van der Waals surface area contributed by atoms with E-state index in [1.54, 1.807) is 0 Å². The molecule has 0 aliphatic rings. The van der Waals surface area contributed by atoms with Gasteiger partial charge in [0, 0.05) is 45.9 Å². The first-order chi connectivity index (χ1) is 17.3. The van der Waals surface area contributed by atoms with Gasteiger partial charge in [0.15, 0.2) is 0 Å². The van der Waals surface area contributed by atoms with Crippen LogP contribution in [0.25, 0.3) is 60.6 Å². The van der Waals surface area contributed by atoms with Gasteiger partial charge in [0.05, 0.1) is 16.7 Å². The topological polar surface area (TPSA) is 30.4 Å². The number of aromatic nitrogens is 1. The molecule has 2 heterocycles. The third kappa shape index (κ3) is 2.88. The summed E-state index contributed by atoms with van der Waals surface area (Å²) in [7, 11) is 1.82. The number of para-hydroxylation sites is 4. The second-order valence-electron chi connectivity index (χ2n) is 8.77.